The van der Waals surface area contributed by atoms with Gasteiger partial charge in [-0.1, -0.05) is 36.5 Å². The van der Waals surface area contributed by atoms with Crippen molar-refractivity contribution in [3.8, 4) is 11.6 Å². The number of aromatic nitrogens is 1. The number of pyridine rings is 1. The van der Waals surface area contributed by atoms with Crippen LogP contribution in [0.3, 0.4) is 0 Å². The first kappa shape index (κ1) is 15.1. The molecule has 0 aliphatic rings. The van der Waals surface area contributed by atoms with Crippen LogP contribution in [0.25, 0.3) is 0 Å². The summed E-state index contributed by atoms with van der Waals surface area (Å²) in [4.78, 5) is 4.46. The van der Waals surface area contributed by atoms with E-state index >= 15 is 0 Å². The lowest BCUT2D eigenvalue weighted by atomic mass is 10.1. The minimum Gasteiger partial charge on any atom is -0.437 e. The van der Waals surface area contributed by atoms with Crippen molar-refractivity contribution in [3.05, 3.63) is 51.6 Å². The highest BCUT2D eigenvalue weighted by Gasteiger charge is 2.07. The maximum Gasteiger partial charge on any atom is 0.219 e. The van der Waals surface area contributed by atoms with Gasteiger partial charge in [0.05, 0.1) is 5.02 Å². The molecule has 1 heterocycles. The maximum absolute atomic E-state index is 6.09. The summed E-state index contributed by atoms with van der Waals surface area (Å²) >= 11 is 12.0. The van der Waals surface area contributed by atoms with Crippen molar-refractivity contribution in [2.45, 2.75) is 26.3 Å². The first-order valence-electron chi connectivity index (χ1n) is 6.45. The Morgan fingerprint density at radius 2 is 2.00 bits per heavy atom. The van der Waals surface area contributed by atoms with Gasteiger partial charge in [-0.05, 0) is 36.2 Å². The molecule has 0 spiro atoms. The molecule has 0 unspecified atom stereocenters. The predicted octanol–water partition coefficient (Wildman–Crippen LogP) is 4.59. The number of aryl methyl sites for hydroxylation is 1. The zero-order valence-electron chi connectivity index (χ0n) is 11.2. The van der Waals surface area contributed by atoms with Gasteiger partial charge in [0.25, 0.3) is 0 Å². The van der Waals surface area contributed by atoms with Gasteiger partial charge < -0.3 is 10.5 Å². The second-order valence-electron chi connectivity index (χ2n) is 4.44. The number of ether oxygens (including phenoxy) is 1. The van der Waals surface area contributed by atoms with Gasteiger partial charge in [0, 0.05) is 23.3 Å². The first-order valence-corrected chi connectivity index (χ1v) is 7.20. The van der Waals surface area contributed by atoms with Crippen LogP contribution < -0.4 is 10.5 Å². The summed E-state index contributed by atoms with van der Waals surface area (Å²) in [5.41, 5.74) is 7.66. The number of benzene rings is 1. The maximum atomic E-state index is 6.09. The molecule has 0 radical (unpaired) electrons. The Morgan fingerprint density at radius 1 is 1.20 bits per heavy atom. The molecule has 0 fully saturated rings. The molecule has 0 atom stereocenters. The van der Waals surface area contributed by atoms with Crippen molar-refractivity contribution >= 4 is 23.2 Å². The summed E-state index contributed by atoms with van der Waals surface area (Å²) in [6, 6.07) is 8.91. The molecule has 0 amide bonds. The van der Waals surface area contributed by atoms with Crippen molar-refractivity contribution in [1.29, 1.82) is 0 Å². The fraction of sp³-hybridized carbons (Fsp3) is 0.267. The molecule has 0 bridgehead atoms. The van der Waals surface area contributed by atoms with Gasteiger partial charge in [0.15, 0.2) is 0 Å². The molecule has 0 saturated heterocycles. The monoisotopic (exact) mass is 310 g/mol. The van der Waals surface area contributed by atoms with Crippen LogP contribution in [0.2, 0.25) is 10.0 Å². The third-order valence-electron chi connectivity index (χ3n) is 2.76. The number of nitrogens with two attached hydrogens (primary N) is 1. The summed E-state index contributed by atoms with van der Waals surface area (Å²) in [6.45, 7) is 2.55. The normalized spacial score (nSPS) is 10.6. The van der Waals surface area contributed by atoms with Crippen LogP contribution in [0.5, 0.6) is 11.6 Å². The first-order chi connectivity index (χ1) is 9.62. The quantitative estimate of drug-likeness (QED) is 0.878. The summed E-state index contributed by atoms with van der Waals surface area (Å²) < 4.78 is 5.74. The molecular weight excluding hydrogens is 295 g/mol. The van der Waals surface area contributed by atoms with Crippen LogP contribution in [0.15, 0.2) is 30.3 Å². The summed E-state index contributed by atoms with van der Waals surface area (Å²) in [7, 11) is 0. The lowest BCUT2D eigenvalue weighted by Crippen LogP contribution is -2.01. The largest absolute Gasteiger partial charge is 0.437 e. The standard InChI is InChI=1S/C15H16Cl2N2O/c1-2-3-12-6-10(9-18)7-15(19-12)20-14-5-4-11(16)8-13(14)17/h4-8H,2-3,9,18H2,1H3. The highest BCUT2D eigenvalue weighted by Crippen LogP contribution is 2.31. The molecule has 0 saturated carbocycles. The van der Waals surface area contributed by atoms with Crippen molar-refractivity contribution in [3.63, 3.8) is 0 Å². The third-order valence-corrected chi connectivity index (χ3v) is 3.30. The topological polar surface area (TPSA) is 48.1 Å². The highest BCUT2D eigenvalue weighted by molar-refractivity contribution is 6.35. The van der Waals surface area contributed by atoms with Crippen LogP contribution in [-0.2, 0) is 13.0 Å². The zero-order chi connectivity index (χ0) is 14.5. The number of hydrogen-bond donors (Lipinski definition) is 1. The number of nitrogens with zero attached hydrogens (tertiary/aromatic N) is 1. The molecule has 5 heteroatoms. The molecular formula is C15H16Cl2N2O. The lowest BCUT2D eigenvalue weighted by Gasteiger charge is -2.10. The van der Waals surface area contributed by atoms with E-state index in [1.54, 1.807) is 18.2 Å². The van der Waals surface area contributed by atoms with E-state index < -0.39 is 0 Å². The van der Waals surface area contributed by atoms with Crippen molar-refractivity contribution in [2.75, 3.05) is 0 Å². The van der Waals surface area contributed by atoms with Gasteiger partial charge in [-0.2, -0.15) is 0 Å². The Balaban J connectivity index is 2.29. The molecule has 2 aromatic rings. The van der Waals surface area contributed by atoms with Crippen molar-refractivity contribution in [1.82, 2.24) is 4.98 Å². The fourth-order valence-corrected chi connectivity index (χ4v) is 2.29. The Kier molecular flexibility index (Phi) is 5.24. The molecule has 106 valence electrons. The van der Waals surface area contributed by atoms with Crippen molar-refractivity contribution < 1.29 is 4.74 Å². The fourth-order valence-electron chi connectivity index (χ4n) is 1.85. The molecule has 20 heavy (non-hydrogen) atoms. The number of halogens is 2. The van der Waals surface area contributed by atoms with E-state index in [0.717, 1.165) is 24.1 Å². The zero-order valence-corrected chi connectivity index (χ0v) is 12.7. The molecule has 0 aliphatic heterocycles. The second kappa shape index (κ2) is 6.93. The average Bonchev–Trinajstić information content (AvgIpc) is 2.42. The molecule has 2 N–H and O–H groups in total. The van der Waals surface area contributed by atoms with Gasteiger partial charge in [-0.15, -0.1) is 0 Å². The van der Waals surface area contributed by atoms with Crippen LogP contribution in [0.4, 0.5) is 0 Å². The van der Waals surface area contributed by atoms with E-state index in [1.165, 1.54) is 0 Å². The van der Waals surface area contributed by atoms with Crippen LogP contribution in [0, 0.1) is 0 Å². The second-order valence-corrected chi connectivity index (χ2v) is 5.28. The SMILES string of the molecule is CCCc1cc(CN)cc(Oc2ccc(Cl)cc2Cl)n1. The molecule has 3 nitrogen and oxygen atoms in total. The Morgan fingerprint density at radius 3 is 2.65 bits per heavy atom. The van der Waals surface area contributed by atoms with E-state index in [0.29, 0.717) is 28.2 Å². The van der Waals surface area contributed by atoms with Crippen molar-refractivity contribution in [2.24, 2.45) is 5.73 Å². The van der Waals surface area contributed by atoms with E-state index in [1.807, 2.05) is 12.1 Å². The van der Waals surface area contributed by atoms with E-state index in [4.69, 9.17) is 33.7 Å². The number of rotatable bonds is 5. The Bertz CT molecular complexity index is 602. The predicted molar refractivity (Wildman–Crippen MR) is 82.7 cm³/mol. The van der Waals surface area contributed by atoms with Gasteiger partial charge in [-0.3, -0.25) is 0 Å². The number of hydrogen-bond acceptors (Lipinski definition) is 3. The van der Waals surface area contributed by atoms with E-state index in [2.05, 4.69) is 11.9 Å². The molecule has 1 aromatic carbocycles. The summed E-state index contributed by atoms with van der Waals surface area (Å²) in [5, 5.41) is 1.02. The average molecular weight is 311 g/mol. The van der Waals surface area contributed by atoms with E-state index in [-0.39, 0.29) is 0 Å². The van der Waals surface area contributed by atoms with Gasteiger partial charge in [-0.25, -0.2) is 4.98 Å². The van der Waals surface area contributed by atoms with Crippen LogP contribution in [-0.4, -0.2) is 4.98 Å². The third kappa shape index (κ3) is 3.85. The Hall–Kier alpha value is -1.29. The molecule has 2 rings (SSSR count). The summed E-state index contributed by atoms with van der Waals surface area (Å²) in [6.07, 6.45) is 1.90. The lowest BCUT2D eigenvalue weighted by molar-refractivity contribution is 0.460. The van der Waals surface area contributed by atoms with Gasteiger partial charge >= 0.3 is 0 Å². The minimum absolute atomic E-state index is 0.448. The summed E-state index contributed by atoms with van der Waals surface area (Å²) in [5.74, 6) is 1.03. The Labute approximate surface area is 128 Å². The van der Waals surface area contributed by atoms with E-state index in [9.17, 15) is 0 Å². The van der Waals surface area contributed by atoms with Gasteiger partial charge in [0.1, 0.15) is 5.75 Å². The minimum atomic E-state index is 0.448. The van der Waals surface area contributed by atoms with Gasteiger partial charge in [0.2, 0.25) is 5.88 Å². The molecule has 0 aliphatic carbocycles. The molecule has 1 aromatic heterocycles. The van der Waals surface area contributed by atoms with Crippen LogP contribution in [0.1, 0.15) is 24.6 Å². The highest BCUT2D eigenvalue weighted by atomic mass is 35.5. The van der Waals surface area contributed by atoms with Crippen LogP contribution >= 0.6 is 23.2 Å². The smallest absolute Gasteiger partial charge is 0.219 e.